The minimum absolute atomic E-state index is 0.129. The van der Waals surface area contributed by atoms with Crippen LogP contribution in [0.5, 0.6) is 11.6 Å². The van der Waals surface area contributed by atoms with E-state index < -0.39 is 5.60 Å². The van der Waals surface area contributed by atoms with E-state index in [0.717, 1.165) is 48.3 Å². The molecule has 0 aliphatic carbocycles. The molecule has 0 spiro atoms. The molecule has 1 amide bonds. The van der Waals surface area contributed by atoms with E-state index in [2.05, 4.69) is 21.3 Å². The van der Waals surface area contributed by atoms with E-state index >= 15 is 0 Å². The Morgan fingerprint density at radius 1 is 1.17 bits per heavy atom. The second-order valence-electron chi connectivity index (χ2n) is 9.39. The van der Waals surface area contributed by atoms with Crippen LogP contribution >= 0.6 is 11.6 Å². The Labute approximate surface area is 216 Å². The quantitative estimate of drug-likeness (QED) is 0.500. The number of likely N-dealkylation sites (tertiary alicyclic amines) is 1. The van der Waals surface area contributed by atoms with Crippen molar-refractivity contribution in [2.75, 3.05) is 26.7 Å². The maximum absolute atomic E-state index is 12.5. The Hall–Kier alpha value is -3.19. The van der Waals surface area contributed by atoms with Gasteiger partial charge >= 0.3 is 0 Å². The van der Waals surface area contributed by atoms with Gasteiger partial charge in [-0.05, 0) is 66.8 Å². The number of benzene rings is 2. The van der Waals surface area contributed by atoms with Gasteiger partial charge in [-0.1, -0.05) is 35.9 Å². The molecule has 0 radical (unpaired) electrons. The lowest BCUT2D eigenvalue weighted by Crippen LogP contribution is -2.42. The lowest BCUT2D eigenvalue weighted by atomic mass is 9.84. The van der Waals surface area contributed by atoms with Gasteiger partial charge in [0, 0.05) is 61.0 Å². The summed E-state index contributed by atoms with van der Waals surface area (Å²) >= 11 is 6.01. The Kier molecular flexibility index (Phi) is 7.10. The van der Waals surface area contributed by atoms with Crippen molar-refractivity contribution in [1.29, 1.82) is 0 Å². The van der Waals surface area contributed by atoms with E-state index in [1.165, 1.54) is 0 Å². The number of allylic oxidation sites excluding steroid dienone is 1. The van der Waals surface area contributed by atoms with E-state index in [0.29, 0.717) is 41.5 Å². The monoisotopic (exact) mass is 503 g/mol. The third-order valence-corrected chi connectivity index (χ3v) is 7.45. The normalized spacial score (nSPS) is 18.0. The van der Waals surface area contributed by atoms with Gasteiger partial charge in [0.15, 0.2) is 0 Å². The first-order valence-electron chi connectivity index (χ1n) is 12.3. The number of pyridine rings is 1. The summed E-state index contributed by atoms with van der Waals surface area (Å²) in [7, 11) is 1.64. The molecule has 1 fully saturated rings. The van der Waals surface area contributed by atoms with Crippen LogP contribution in [0.3, 0.4) is 0 Å². The van der Waals surface area contributed by atoms with Gasteiger partial charge in [-0.3, -0.25) is 4.79 Å². The fourth-order valence-electron chi connectivity index (χ4n) is 5.10. The molecule has 186 valence electrons. The maximum atomic E-state index is 12.5. The summed E-state index contributed by atoms with van der Waals surface area (Å²) in [5.74, 6) is 1.09. The van der Waals surface area contributed by atoms with Gasteiger partial charge in [-0.25, -0.2) is 4.98 Å². The van der Waals surface area contributed by atoms with Crippen molar-refractivity contribution in [3.63, 3.8) is 0 Å². The van der Waals surface area contributed by atoms with Gasteiger partial charge in [0.2, 0.25) is 5.88 Å². The fraction of sp³-hybridized carbons (Fsp3) is 0.310. The molecule has 1 saturated heterocycles. The van der Waals surface area contributed by atoms with Gasteiger partial charge in [0.25, 0.3) is 5.91 Å². The van der Waals surface area contributed by atoms with Crippen molar-refractivity contribution in [1.82, 2.24) is 15.2 Å². The van der Waals surface area contributed by atoms with Gasteiger partial charge in [-0.2, -0.15) is 0 Å². The third-order valence-electron chi connectivity index (χ3n) is 7.20. The highest BCUT2D eigenvalue weighted by atomic mass is 35.5. The average Bonchev–Trinajstić information content (AvgIpc) is 3.06. The number of carbonyl (C=O) groups is 1. The molecule has 2 aliphatic heterocycles. The Morgan fingerprint density at radius 2 is 1.94 bits per heavy atom. The number of halogens is 1. The van der Waals surface area contributed by atoms with E-state index in [4.69, 9.17) is 16.3 Å². The minimum atomic E-state index is -0.803. The number of nitrogens with one attached hydrogen (secondary N) is 1. The number of amides is 1. The van der Waals surface area contributed by atoms with Crippen molar-refractivity contribution >= 4 is 23.1 Å². The summed E-state index contributed by atoms with van der Waals surface area (Å²) in [6, 6.07) is 17.0. The molecule has 0 bridgehead atoms. The van der Waals surface area contributed by atoms with E-state index in [-0.39, 0.29) is 5.91 Å². The molecule has 6 nitrogen and oxygen atoms in total. The van der Waals surface area contributed by atoms with Crippen LogP contribution < -0.4 is 10.1 Å². The highest BCUT2D eigenvalue weighted by molar-refractivity contribution is 6.30. The highest BCUT2D eigenvalue weighted by Gasteiger charge is 2.33. The first kappa shape index (κ1) is 24.5. The molecule has 36 heavy (non-hydrogen) atoms. The summed E-state index contributed by atoms with van der Waals surface area (Å²) in [5, 5.41) is 14.6. The molecule has 3 aromatic rings. The van der Waals surface area contributed by atoms with E-state index in [9.17, 15) is 9.90 Å². The van der Waals surface area contributed by atoms with Gasteiger partial charge in [0.1, 0.15) is 5.75 Å². The zero-order valence-corrected chi connectivity index (χ0v) is 21.1. The molecule has 0 atom stereocenters. The van der Waals surface area contributed by atoms with Crippen molar-refractivity contribution in [3.8, 4) is 11.6 Å². The number of hydrogen-bond donors (Lipinski definition) is 2. The molecule has 0 saturated carbocycles. The molecular formula is C29H30ClN3O3. The summed E-state index contributed by atoms with van der Waals surface area (Å²) in [4.78, 5) is 19.4. The van der Waals surface area contributed by atoms with Crippen LogP contribution in [0.15, 0.2) is 66.9 Å². The maximum Gasteiger partial charge on any atom is 0.251 e. The van der Waals surface area contributed by atoms with Crippen LogP contribution in [-0.2, 0) is 12.0 Å². The van der Waals surface area contributed by atoms with Crippen molar-refractivity contribution in [3.05, 3.63) is 94.1 Å². The van der Waals surface area contributed by atoms with E-state index in [1.54, 1.807) is 13.2 Å². The highest BCUT2D eigenvalue weighted by Crippen LogP contribution is 2.39. The predicted molar refractivity (Wildman–Crippen MR) is 141 cm³/mol. The largest absolute Gasteiger partial charge is 0.438 e. The van der Waals surface area contributed by atoms with Crippen molar-refractivity contribution in [2.45, 2.75) is 31.3 Å². The second-order valence-corrected chi connectivity index (χ2v) is 9.83. The molecular weight excluding hydrogens is 474 g/mol. The number of nitrogens with zero attached hydrogens (tertiary/aromatic N) is 2. The molecule has 7 heteroatoms. The number of aromatic nitrogens is 1. The SMILES string of the molecule is CNC(=O)c1cccc2c1C/C(=C/CCN1CCC(O)(c3ccc(Cl)cc3)CC1)c1cccnc1O2. The zero-order chi connectivity index (χ0) is 25.1. The molecule has 2 N–H and O–H groups in total. The standard InChI is InChI=1S/C29H30ClN3O3/c1-31-27(34)24-6-2-8-26-25(24)19-20(23-7-3-15-32-28(23)36-26)5-4-16-33-17-13-29(35,14-18-33)21-9-11-22(30)12-10-21/h2-3,5-12,15,35H,4,13-14,16-19H2,1H3,(H,31,34)/b20-5-. The minimum Gasteiger partial charge on any atom is -0.438 e. The van der Waals surface area contributed by atoms with Crippen molar-refractivity contribution < 1.29 is 14.6 Å². The smallest absolute Gasteiger partial charge is 0.251 e. The summed E-state index contributed by atoms with van der Waals surface area (Å²) in [6.07, 6.45) is 6.77. The van der Waals surface area contributed by atoms with E-state index in [1.807, 2.05) is 54.6 Å². The number of piperidine rings is 1. The number of carbonyl (C=O) groups excluding carboxylic acids is 1. The van der Waals surface area contributed by atoms with Crippen LogP contribution in [0.2, 0.25) is 5.02 Å². The molecule has 0 unspecified atom stereocenters. The van der Waals surface area contributed by atoms with Gasteiger partial charge in [0.05, 0.1) is 5.60 Å². The summed E-state index contributed by atoms with van der Waals surface area (Å²) in [5.41, 5.74) is 3.67. The second kappa shape index (κ2) is 10.4. The van der Waals surface area contributed by atoms with Crippen LogP contribution in [0.25, 0.3) is 5.57 Å². The average molecular weight is 504 g/mol. The van der Waals surface area contributed by atoms with Crippen LogP contribution in [-0.4, -0.2) is 47.6 Å². The molecule has 1 aromatic heterocycles. The number of hydrogen-bond acceptors (Lipinski definition) is 5. The molecule has 2 aliphatic rings. The Balaban J connectivity index is 1.31. The number of ether oxygens (including phenoxy) is 1. The lowest BCUT2D eigenvalue weighted by Gasteiger charge is -2.38. The van der Waals surface area contributed by atoms with Crippen LogP contribution in [0.1, 0.15) is 46.3 Å². The summed E-state index contributed by atoms with van der Waals surface area (Å²) in [6.45, 7) is 2.54. The lowest BCUT2D eigenvalue weighted by molar-refractivity contribution is -0.0254. The molecule has 2 aromatic carbocycles. The summed E-state index contributed by atoms with van der Waals surface area (Å²) < 4.78 is 6.16. The first-order chi connectivity index (χ1) is 17.5. The van der Waals surface area contributed by atoms with Crippen LogP contribution in [0.4, 0.5) is 0 Å². The van der Waals surface area contributed by atoms with Gasteiger partial charge in [-0.15, -0.1) is 0 Å². The molecule has 3 heterocycles. The zero-order valence-electron chi connectivity index (χ0n) is 20.3. The topological polar surface area (TPSA) is 74.7 Å². The van der Waals surface area contributed by atoms with Gasteiger partial charge < -0.3 is 20.1 Å². The van der Waals surface area contributed by atoms with Crippen molar-refractivity contribution in [2.24, 2.45) is 0 Å². The molecule has 5 rings (SSSR count). The van der Waals surface area contributed by atoms with Crippen LogP contribution in [0, 0.1) is 0 Å². The Bertz CT molecular complexity index is 1280. The number of rotatable bonds is 5. The number of aliphatic hydroxyl groups is 1. The predicted octanol–water partition coefficient (Wildman–Crippen LogP) is 5.20. The third kappa shape index (κ3) is 5.03. The first-order valence-corrected chi connectivity index (χ1v) is 12.7. The fourth-order valence-corrected chi connectivity index (χ4v) is 5.22. The number of fused-ring (bicyclic) bond motifs is 2. The Morgan fingerprint density at radius 3 is 2.69 bits per heavy atom.